The molecule has 25 heavy (non-hydrogen) atoms. The molecule has 0 spiro atoms. The number of anilines is 1. The third-order valence-electron chi connectivity index (χ3n) is 3.70. The Labute approximate surface area is 146 Å². The molecule has 3 N–H and O–H groups in total. The molecule has 1 heterocycles. The van der Waals surface area contributed by atoms with Gasteiger partial charge in [0.25, 0.3) is 0 Å². The molecule has 1 fully saturated rings. The molecule has 0 bridgehead atoms. The lowest BCUT2D eigenvalue weighted by molar-refractivity contribution is -0.119. The third-order valence-corrected chi connectivity index (χ3v) is 3.70. The number of carbonyl (C=O) groups is 3. The number of benzene rings is 1. The van der Waals surface area contributed by atoms with Crippen molar-refractivity contribution in [1.82, 2.24) is 16.0 Å². The van der Waals surface area contributed by atoms with Gasteiger partial charge >= 0.3 is 6.03 Å². The zero-order valence-electron chi connectivity index (χ0n) is 14.5. The summed E-state index contributed by atoms with van der Waals surface area (Å²) in [5.74, 6) is 0.577. The predicted molar refractivity (Wildman–Crippen MR) is 93.6 cm³/mol. The first-order valence-electron chi connectivity index (χ1n) is 8.31. The van der Waals surface area contributed by atoms with E-state index in [9.17, 15) is 14.4 Å². The van der Waals surface area contributed by atoms with E-state index in [0.29, 0.717) is 26.2 Å². The first-order valence-corrected chi connectivity index (χ1v) is 8.31. The van der Waals surface area contributed by atoms with Crippen molar-refractivity contribution >= 4 is 23.5 Å². The number of urea groups is 1. The normalized spacial score (nSPS) is 16.5. The topological polar surface area (TPSA) is 99.8 Å². The molecule has 1 saturated heterocycles. The number of rotatable bonds is 7. The Morgan fingerprint density at radius 2 is 1.88 bits per heavy atom. The van der Waals surface area contributed by atoms with Gasteiger partial charge in [0.2, 0.25) is 11.8 Å². The van der Waals surface area contributed by atoms with Gasteiger partial charge in [-0.15, -0.1) is 0 Å². The standard InChI is InChI=1S/C17H24N4O4/c1-3-25-15-6-4-14(5-7-15)21-11-13(10-16(21)23)20-17(24)19-9-8-18-12(2)22/h4-7,13H,3,8-11H2,1-2H3,(H,18,22)(H2,19,20,24)/t13-/m0/s1. The van der Waals surface area contributed by atoms with E-state index in [1.807, 2.05) is 31.2 Å². The van der Waals surface area contributed by atoms with Gasteiger partial charge in [-0.25, -0.2) is 4.79 Å². The van der Waals surface area contributed by atoms with E-state index in [4.69, 9.17) is 4.74 Å². The van der Waals surface area contributed by atoms with Crippen LogP contribution in [-0.4, -0.2) is 50.1 Å². The summed E-state index contributed by atoms with van der Waals surface area (Å²) in [6, 6.07) is 6.71. The third kappa shape index (κ3) is 5.66. The molecule has 8 heteroatoms. The van der Waals surface area contributed by atoms with Crippen LogP contribution in [-0.2, 0) is 9.59 Å². The van der Waals surface area contributed by atoms with Crippen molar-refractivity contribution < 1.29 is 19.1 Å². The number of nitrogens with one attached hydrogen (secondary N) is 3. The zero-order chi connectivity index (χ0) is 18.2. The van der Waals surface area contributed by atoms with Crippen molar-refractivity contribution in [3.05, 3.63) is 24.3 Å². The van der Waals surface area contributed by atoms with E-state index in [-0.39, 0.29) is 30.3 Å². The van der Waals surface area contributed by atoms with Gasteiger partial charge in [-0.3, -0.25) is 9.59 Å². The van der Waals surface area contributed by atoms with Crippen molar-refractivity contribution in [2.24, 2.45) is 0 Å². The van der Waals surface area contributed by atoms with Crippen molar-refractivity contribution in [3.8, 4) is 5.75 Å². The fourth-order valence-corrected chi connectivity index (χ4v) is 2.59. The quantitative estimate of drug-likeness (QED) is 0.629. The monoisotopic (exact) mass is 348 g/mol. The van der Waals surface area contributed by atoms with Crippen molar-refractivity contribution in [2.45, 2.75) is 26.3 Å². The fraction of sp³-hybridized carbons (Fsp3) is 0.471. The number of hydrogen-bond acceptors (Lipinski definition) is 4. The maximum atomic E-state index is 12.2. The summed E-state index contributed by atoms with van der Waals surface area (Å²) in [7, 11) is 0. The number of amides is 4. The Bertz CT molecular complexity index is 618. The van der Waals surface area contributed by atoms with Crippen LogP contribution >= 0.6 is 0 Å². The molecule has 0 saturated carbocycles. The second-order valence-electron chi connectivity index (χ2n) is 5.72. The summed E-state index contributed by atoms with van der Waals surface area (Å²) in [5.41, 5.74) is 0.781. The molecule has 1 aliphatic heterocycles. The van der Waals surface area contributed by atoms with Crippen LogP contribution in [0.15, 0.2) is 24.3 Å². The van der Waals surface area contributed by atoms with Crippen LogP contribution < -0.4 is 25.6 Å². The molecule has 1 atom stereocenters. The average molecular weight is 348 g/mol. The molecule has 136 valence electrons. The lowest BCUT2D eigenvalue weighted by atomic mass is 10.2. The Morgan fingerprint density at radius 1 is 1.20 bits per heavy atom. The molecular weight excluding hydrogens is 324 g/mol. The lowest BCUT2D eigenvalue weighted by Crippen LogP contribution is -2.45. The largest absolute Gasteiger partial charge is 0.494 e. The SMILES string of the molecule is CCOc1ccc(N2C[C@@H](NC(=O)NCCNC(C)=O)CC2=O)cc1. The number of ether oxygens (including phenoxy) is 1. The van der Waals surface area contributed by atoms with E-state index < -0.39 is 0 Å². The number of nitrogens with zero attached hydrogens (tertiary/aromatic N) is 1. The van der Waals surface area contributed by atoms with Crippen LogP contribution in [0.1, 0.15) is 20.3 Å². The smallest absolute Gasteiger partial charge is 0.315 e. The van der Waals surface area contributed by atoms with Crippen LogP contribution in [0.25, 0.3) is 0 Å². The molecule has 0 radical (unpaired) electrons. The van der Waals surface area contributed by atoms with Crippen LogP contribution in [0.2, 0.25) is 0 Å². The van der Waals surface area contributed by atoms with E-state index in [0.717, 1.165) is 11.4 Å². The maximum Gasteiger partial charge on any atom is 0.315 e. The van der Waals surface area contributed by atoms with Crippen molar-refractivity contribution in [2.75, 3.05) is 31.1 Å². The van der Waals surface area contributed by atoms with E-state index in [1.54, 1.807) is 4.90 Å². The molecule has 0 aliphatic carbocycles. The zero-order valence-corrected chi connectivity index (χ0v) is 14.5. The summed E-state index contributed by atoms with van der Waals surface area (Å²) in [4.78, 5) is 36.4. The molecule has 2 rings (SSSR count). The Morgan fingerprint density at radius 3 is 2.52 bits per heavy atom. The van der Waals surface area contributed by atoms with Crippen LogP contribution in [0, 0.1) is 0 Å². The van der Waals surface area contributed by atoms with E-state index >= 15 is 0 Å². The van der Waals surface area contributed by atoms with Crippen LogP contribution in [0.4, 0.5) is 10.5 Å². The average Bonchev–Trinajstić information content (AvgIpc) is 2.93. The van der Waals surface area contributed by atoms with E-state index in [2.05, 4.69) is 16.0 Å². The lowest BCUT2D eigenvalue weighted by Gasteiger charge is -2.18. The summed E-state index contributed by atoms with van der Waals surface area (Å²) < 4.78 is 5.39. The van der Waals surface area contributed by atoms with Gasteiger partial charge in [-0.05, 0) is 31.2 Å². The minimum absolute atomic E-state index is 0.0345. The minimum Gasteiger partial charge on any atom is -0.494 e. The summed E-state index contributed by atoms with van der Waals surface area (Å²) in [6.45, 7) is 5.03. The molecule has 0 unspecified atom stereocenters. The van der Waals surface area contributed by atoms with Crippen LogP contribution in [0.5, 0.6) is 5.75 Å². The van der Waals surface area contributed by atoms with Gasteiger partial charge in [0.1, 0.15) is 5.75 Å². The van der Waals surface area contributed by atoms with Gasteiger partial charge in [-0.1, -0.05) is 0 Å². The second-order valence-corrected chi connectivity index (χ2v) is 5.72. The highest BCUT2D eigenvalue weighted by molar-refractivity contribution is 5.96. The fourth-order valence-electron chi connectivity index (χ4n) is 2.59. The molecule has 1 aromatic carbocycles. The van der Waals surface area contributed by atoms with E-state index in [1.165, 1.54) is 6.92 Å². The summed E-state index contributed by atoms with van der Waals surface area (Å²) in [5, 5.41) is 8.01. The molecule has 0 aromatic heterocycles. The van der Waals surface area contributed by atoms with Gasteiger partial charge in [0.05, 0.1) is 12.6 Å². The first-order chi connectivity index (χ1) is 12.0. The number of carbonyl (C=O) groups excluding carboxylic acids is 3. The summed E-state index contributed by atoms with van der Waals surface area (Å²) in [6.07, 6.45) is 0.256. The molecule has 1 aliphatic rings. The molecule has 4 amide bonds. The highest BCUT2D eigenvalue weighted by atomic mass is 16.5. The van der Waals surface area contributed by atoms with Crippen molar-refractivity contribution in [1.29, 1.82) is 0 Å². The van der Waals surface area contributed by atoms with Crippen LogP contribution in [0.3, 0.4) is 0 Å². The van der Waals surface area contributed by atoms with Crippen molar-refractivity contribution in [3.63, 3.8) is 0 Å². The van der Waals surface area contributed by atoms with Gasteiger partial charge in [0, 0.05) is 38.7 Å². The maximum absolute atomic E-state index is 12.2. The Balaban J connectivity index is 1.81. The summed E-state index contributed by atoms with van der Waals surface area (Å²) >= 11 is 0. The van der Waals surface area contributed by atoms with Gasteiger partial charge < -0.3 is 25.6 Å². The highest BCUT2D eigenvalue weighted by Crippen LogP contribution is 2.24. The minimum atomic E-state index is -0.350. The molecule has 1 aromatic rings. The molecular formula is C17H24N4O4. The molecule has 8 nitrogen and oxygen atoms in total. The van der Waals surface area contributed by atoms with Gasteiger partial charge in [0.15, 0.2) is 0 Å². The predicted octanol–water partition coefficient (Wildman–Crippen LogP) is 0.626. The van der Waals surface area contributed by atoms with Gasteiger partial charge in [-0.2, -0.15) is 0 Å². The Kier molecular flexibility index (Phi) is 6.62. The highest BCUT2D eigenvalue weighted by Gasteiger charge is 2.31. The second kappa shape index (κ2) is 8.91. The first kappa shape index (κ1) is 18.6. The number of hydrogen-bond donors (Lipinski definition) is 3. The Hall–Kier alpha value is -2.77.